The third-order valence-corrected chi connectivity index (χ3v) is 4.49. The van der Waals surface area contributed by atoms with Gasteiger partial charge in [0.1, 0.15) is 23.9 Å². The highest BCUT2D eigenvalue weighted by Crippen LogP contribution is 2.33. The molecule has 0 spiro atoms. The molecule has 1 amide bonds. The number of ether oxygens (including phenoxy) is 1. The fourth-order valence-electron chi connectivity index (χ4n) is 3.25. The predicted molar refractivity (Wildman–Crippen MR) is 95.9 cm³/mol. The predicted octanol–water partition coefficient (Wildman–Crippen LogP) is 4.59. The number of anilines is 1. The van der Waals surface area contributed by atoms with Crippen molar-refractivity contribution in [2.75, 3.05) is 4.90 Å². The summed E-state index contributed by atoms with van der Waals surface area (Å²) in [6.45, 7) is 2.20. The highest BCUT2D eigenvalue weighted by molar-refractivity contribution is 6.06. The molecular weight excluding hydrogens is 333 g/mol. The second-order valence-corrected chi connectivity index (χ2v) is 6.37. The lowest BCUT2D eigenvalue weighted by Gasteiger charge is -2.21. The molecule has 1 unspecified atom stereocenters. The Hall–Kier alpha value is -3.08. The van der Waals surface area contributed by atoms with E-state index in [0.29, 0.717) is 11.5 Å². The number of fused-ring (bicyclic) bond motifs is 1. The molecule has 132 valence electrons. The van der Waals surface area contributed by atoms with Gasteiger partial charge in [-0.25, -0.2) is 4.39 Å². The molecule has 3 aromatic rings. The van der Waals surface area contributed by atoms with Crippen molar-refractivity contribution in [3.63, 3.8) is 0 Å². The zero-order valence-electron chi connectivity index (χ0n) is 14.3. The highest BCUT2D eigenvalue weighted by Gasteiger charge is 2.32. The summed E-state index contributed by atoms with van der Waals surface area (Å²) in [4.78, 5) is 14.7. The first-order valence-corrected chi connectivity index (χ1v) is 8.50. The van der Waals surface area contributed by atoms with Crippen LogP contribution in [0.1, 0.15) is 28.8 Å². The zero-order valence-corrected chi connectivity index (χ0v) is 14.3. The minimum absolute atomic E-state index is 0.0870. The lowest BCUT2D eigenvalue weighted by Crippen LogP contribution is -2.35. The van der Waals surface area contributed by atoms with E-state index < -0.39 is 0 Å². The molecule has 1 atom stereocenters. The molecular formula is C21H18FNO3. The maximum atomic E-state index is 12.9. The quantitative estimate of drug-likeness (QED) is 0.690. The smallest absolute Gasteiger partial charge is 0.294 e. The van der Waals surface area contributed by atoms with Gasteiger partial charge in [0.15, 0.2) is 5.76 Å². The number of para-hydroxylation sites is 1. The van der Waals surface area contributed by atoms with Crippen LogP contribution in [0, 0.1) is 5.82 Å². The Labute approximate surface area is 150 Å². The van der Waals surface area contributed by atoms with E-state index in [2.05, 4.69) is 0 Å². The van der Waals surface area contributed by atoms with Gasteiger partial charge in [-0.05, 0) is 61.4 Å². The monoisotopic (exact) mass is 351 g/mol. The molecule has 0 saturated heterocycles. The van der Waals surface area contributed by atoms with Crippen molar-refractivity contribution < 1.29 is 18.3 Å². The van der Waals surface area contributed by atoms with E-state index in [-0.39, 0.29) is 30.1 Å². The van der Waals surface area contributed by atoms with Crippen LogP contribution in [0.5, 0.6) is 5.75 Å². The average Bonchev–Trinajstić information content (AvgIpc) is 3.24. The third kappa shape index (κ3) is 3.08. The second kappa shape index (κ2) is 6.67. The Morgan fingerprint density at radius 1 is 1.15 bits per heavy atom. The Bertz CT molecular complexity index is 932. The molecule has 1 aliphatic heterocycles. The molecule has 0 N–H and O–H groups in total. The van der Waals surface area contributed by atoms with Gasteiger partial charge in [0.2, 0.25) is 0 Å². The fourth-order valence-corrected chi connectivity index (χ4v) is 3.25. The van der Waals surface area contributed by atoms with E-state index >= 15 is 0 Å². The van der Waals surface area contributed by atoms with Gasteiger partial charge in [-0.1, -0.05) is 18.2 Å². The zero-order chi connectivity index (χ0) is 18.1. The average molecular weight is 351 g/mol. The summed E-state index contributed by atoms with van der Waals surface area (Å²) < 4.78 is 24.1. The maximum absolute atomic E-state index is 12.9. The standard InChI is InChI=1S/C21H18FNO3/c1-14-12-15-4-2-3-5-19(15)23(14)21(24)20-11-10-18(26-20)13-25-17-8-6-16(22)7-9-17/h2-11,14H,12-13H2,1H3. The van der Waals surface area contributed by atoms with E-state index in [0.717, 1.165) is 12.1 Å². The van der Waals surface area contributed by atoms with Crippen molar-refractivity contribution in [3.8, 4) is 5.75 Å². The van der Waals surface area contributed by atoms with Gasteiger partial charge in [0.25, 0.3) is 5.91 Å². The van der Waals surface area contributed by atoms with Gasteiger partial charge in [-0.2, -0.15) is 0 Å². The van der Waals surface area contributed by atoms with Crippen LogP contribution in [-0.4, -0.2) is 11.9 Å². The molecule has 4 rings (SSSR count). The van der Waals surface area contributed by atoms with Crippen molar-refractivity contribution in [2.24, 2.45) is 0 Å². The van der Waals surface area contributed by atoms with Gasteiger partial charge in [0, 0.05) is 11.7 Å². The molecule has 0 fully saturated rings. The number of carbonyl (C=O) groups excluding carboxylic acids is 1. The number of halogens is 1. The van der Waals surface area contributed by atoms with E-state index in [1.165, 1.54) is 17.7 Å². The van der Waals surface area contributed by atoms with Crippen LogP contribution >= 0.6 is 0 Å². The van der Waals surface area contributed by atoms with Gasteiger partial charge in [-0.3, -0.25) is 4.79 Å². The summed E-state index contributed by atoms with van der Waals surface area (Å²) >= 11 is 0. The minimum atomic E-state index is -0.316. The second-order valence-electron chi connectivity index (χ2n) is 6.37. The lowest BCUT2D eigenvalue weighted by molar-refractivity contribution is 0.0950. The number of hydrogen-bond acceptors (Lipinski definition) is 3. The molecule has 0 aliphatic carbocycles. The Kier molecular flexibility index (Phi) is 4.21. The largest absolute Gasteiger partial charge is 0.486 e. The summed E-state index contributed by atoms with van der Waals surface area (Å²) in [6, 6.07) is 17.2. The topological polar surface area (TPSA) is 42.7 Å². The molecule has 26 heavy (non-hydrogen) atoms. The van der Waals surface area contributed by atoms with Crippen LogP contribution in [0.2, 0.25) is 0 Å². The molecule has 0 bridgehead atoms. The van der Waals surface area contributed by atoms with Crippen molar-refractivity contribution in [1.29, 1.82) is 0 Å². The summed E-state index contributed by atoms with van der Waals surface area (Å²) in [7, 11) is 0. The first kappa shape index (κ1) is 16.4. The number of benzene rings is 2. The molecule has 2 aromatic carbocycles. The molecule has 0 radical (unpaired) electrons. The Morgan fingerprint density at radius 2 is 1.92 bits per heavy atom. The van der Waals surface area contributed by atoms with Crippen molar-refractivity contribution >= 4 is 11.6 Å². The van der Waals surface area contributed by atoms with Crippen LogP contribution in [0.25, 0.3) is 0 Å². The molecule has 2 heterocycles. The van der Waals surface area contributed by atoms with E-state index in [1.807, 2.05) is 31.2 Å². The van der Waals surface area contributed by atoms with Crippen LogP contribution in [0.3, 0.4) is 0 Å². The summed E-state index contributed by atoms with van der Waals surface area (Å²) in [5.41, 5.74) is 2.10. The number of nitrogens with zero attached hydrogens (tertiary/aromatic N) is 1. The fraction of sp³-hybridized carbons (Fsp3) is 0.190. The Morgan fingerprint density at radius 3 is 2.73 bits per heavy atom. The first-order chi connectivity index (χ1) is 12.6. The molecule has 1 aliphatic rings. The lowest BCUT2D eigenvalue weighted by atomic mass is 10.1. The van der Waals surface area contributed by atoms with E-state index in [1.54, 1.807) is 29.2 Å². The minimum Gasteiger partial charge on any atom is -0.486 e. The van der Waals surface area contributed by atoms with E-state index in [4.69, 9.17) is 9.15 Å². The number of carbonyl (C=O) groups is 1. The van der Waals surface area contributed by atoms with Crippen LogP contribution < -0.4 is 9.64 Å². The van der Waals surface area contributed by atoms with Gasteiger partial charge >= 0.3 is 0 Å². The van der Waals surface area contributed by atoms with Crippen LogP contribution in [0.4, 0.5) is 10.1 Å². The number of hydrogen-bond donors (Lipinski definition) is 0. The molecule has 5 heteroatoms. The van der Waals surface area contributed by atoms with Crippen LogP contribution in [-0.2, 0) is 13.0 Å². The summed E-state index contributed by atoms with van der Waals surface area (Å²) in [6.07, 6.45) is 0.836. The first-order valence-electron chi connectivity index (χ1n) is 8.50. The van der Waals surface area contributed by atoms with E-state index in [9.17, 15) is 9.18 Å². The SMILES string of the molecule is CC1Cc2ccccc2N1C(=O)c1ccc(COc2ccc(F)cc2)o1. The summed E-state index contributed by atoms with van der Waals surface area (Å²) in [5.74, 6) is 0.889. The number of amides is 1. The van der Waals surface area contributed by atoms with Gasteiger partial charge in [0.05, 0.1) is 0 Å². The Balaban J connectivity index is 1.47. The van der Waals surface area contributed by atoms with Crippen molar-refractivity contribution in [1.82, 2.24) is 0 Å². The molecule has 1 aromatic heterocycles. The maximum Gasteiger partial charge on any atom is 0.294 e. The number of rotatable bonds is 4. The molecule has 4 nitrogen and oxygen atoms in total. The van der Waals surface area contributed by atoms with Gasteiger partial charge < -0.3 is 14.1 Å². The molecule has 0 saturated carbocycles. The summed E-state index contributed by atoms with van der Waals surface area (Å²) in [5, 5.41) is 0. The van der Waals surface area contributed by atoms with Crippen molar-refractivity contribution in [3.05, 3.63) is 83.6 Å². The van der Waals surface area contributed by atoms with Crippen molar-refractivity contribution in [2.45, 2.75) is 26.0 Å². The van der Waals surface area contributed by atoms with Crippen LogP contribution in [0.15, 0.2) is 65.1 Å². The number of furan rings is 1. The highest BCUT2D eigenvalue weighted by atomic mass is 19.1. The normalized spacial score (nSPS) is 15.8. The third-order valence-electron chi connectivity index (χ3n) is 4.49. The van der Waals surface area contributed by atoms with Gasteiger partial charge in [-0.15, -0.1) is 0 Å².